The minimum Gasteiger partial charge on any atom is -1.00 e. The molecule has 0 unspecified atom stereocenters. The van der Waals surface area contributed by atoms with Crippen molar-refractivity contribution in [3.05, 3.63) is 192 Å². The quantitative estimate of drug-likeness (QED) is 0.149. The van der Waals surface area contributed by atoms with Gasteiger partial charge < -0.3 is 17.0 Å². The average molecular weight is 871 g/mol. The molecule has 0 radical (unpaired) electrons. The highest BCUT2D eigenvalue weighted by Gasteiger charge is 2.47. The highest BCUT2D eigenvalue weighted by atomic mass is 79.9. The molecule has 4 amide bonds. The largest absolute Gasteiger partial charge is 1.00 e. The lowest BCUT2D eigenvalue weighted by Crippen LogP contribution is -3.00. The van der Waals surface area contributed by atoms with Gasteiger partial charge in [-0.25, -0.2) is 7.85 Å². The lowest BCUT2D eigenvalue weighted by molar-refractivity contribution is -0.0000490. The summed E-state index contributed by atoms with van der Waals surface area (Å²) in [6, 6.07) is 57.3. The molecule has 2 aliphatic rings. The number of benzene rings is 6. The Bertz CT molecular complexity index is 1830. The second kappa shape index (κ2) is 16.5. The van der Waals surface area contributed by atoms with Gasteiger partial charge in [-0.2, -0.15) is 0 Å². The molecule has 8 rings (SSSR count). The van der Waals surface area contributed by atoms with Crippen molar-refractivity contribution in [3.63, 3.8) is 0 Å². The maximum Gasteiger partial charge on any atom is 0.271 e. The van der Waals surface area contributed by atoms with Crippen LogP contribution in [-0.2, 0) is 0 Å². The molecule has 10 heteroatoms. The summed E-state index contributed by atoms with van der Waals surface area (Å²) in [7, 11) is -1.91. The van der Waals surface area contributed by atoms with E-state index < -0.39 is 7.26 Å². The van der Waals surface area contributed by atoms with Crippen LogP contribution in [0.2, 0.25) is 0 Å². The van der Waals surface area contributed by atoms with Gasteiger partial charge in [-0.1, -0.05) is 97.1 Å². The van der Waals surface area contributed by atoms with E-state index >= 15 is 0 Å². The Morgan fingerprint density at radius 3 is 0.700 bits per heavy atom. The molecule has 0 aromatic heterocycles. The summed E-state index contributed by atoms with van der Waals surface area (Å²) >= 11 is 5.77. The Morgan fingerprint density at radius 1 is 0.320 bits per heavy atom. The van der Waals surface area contributed by atoms with E-state index in [2.05, 4.69) is 154 Å². The fraction of sp³-hybridized carbons (Fsp3) is 0. The van der Waals surface area contributed by atoms with Crippen molar-refractivity contribution in [3.8, 4) is 0 Å². The highest BCUT2D eigenvalue weighted by Crippen LogP contribution is 2.54. The smallest absolute Gasteiger partial charge is 0.271 e. The summed E-state index contributed by atoms with van der Waals surface area (Å²) < 4.78 is 1.88. The number of carbonyl (C=O) groups is 4. The third-order valence-corrected chi connectivity index (χ3v) is 13.6. The van der Waals surface area contributed by atoms with Gasteiger partial charge in [0, 0.05) is 0 Å². The van der Waals surface area contributed by atoms with Gasteiger partial charge >= 0.3 is 0 Å². The first-order chi connectivity index (χ1) is 23.9. The monoisotopic (exact) mass is 868 g/mol. The van der Waals surface area contributed by atoms with Crippen LogP contribution in [-0.4, -0.2) is 31.5 Å². The lowest BCUT2D eigenvalue weighted by atomic mass is 10.1. The minimum absolute atomic E-state index is 0. The van der Waals surface area contributed by atoms with E-state index in [-0.39, 0.29) is 40.6 Å². The molecule has 0 aliphatic carbocycles. The van der Waals surface area contributed by atoms with Gasteiger partial charge in [0.25, 0.3) is 23.6 Å². The molecule has 248 valence electrons. The van der Waals surface area contributed by atoms with E-state index in [1.54, 1.807) is 48.5 Å². The van der Waals surface area contributed by atoms with E-state index in [4.69, 9.17) is 0 Å². The van der Waals surface area contributed by atoms with Crippen LogP contribution in [0.15, 0.2) is 170 Å². The van der Waals surface area contributed by atoms with Crippen LogP contribution in [0.4, 0.5) is 0 Å². The van der Waals surface area contributed by atoms with Crippen molar-refractivity contribution in [2.24, 2.45) is 0 Å². The average Bonchev–Trinajstić information content (AvgIpc) is 3.53. The molecule has 2 aliphatic heterocycles. The number of fused-ring (bicyclic) bond motifs is 2. The van der Waals surface area contributed by atoms with Crippen LogP contribution in [0.25, 0.3) is 0 Å². The molecule has 50 heavy (non-hydrogen) atoms. The maximum absolute atomic E-state index is 11.3. The number of hydrogen-bond donors (Lipinski definition) is 0. The number of imide groups is 2. The number of rotatable bonds is 4. The van der Waals surface area contributed by atoms with Crippen LogP contribution in [0.3, 0.4) is 0 Å². The molecule has 0 fully saturated rings. The molecule has 6 nitrogen and oxygen atoms in total. The molecule has 0 saturated heterocycles. The van der Waals surface area contributed by atoms with Crippen molar-refractivity contribution in [2.45, 2.75) is 0 Å². The Balaban J connectivity index is 0.000000162. The zero-order valence-electron chi connectivity index (χ0n) is 26.3. The summed E-state index contributed by atoms with van der Waals surface area (Å²) in [6.45, 7) is 0. The normalized spacial score (nSPS) is 12.9. The van der Waals surface area contributed by atoms with Crippen molar-refractivity contribution in [2.75, 3.05) is 0 Å². The first-order valence-electron chi connectivity index (χ1n) is 15.2. The van der Waals surface area contributed by atoms with Gasteiger partial charge in [-0.05, 0) is 72.8 Å². The number of halogens is 3. The molecule has 0 atom stereocenters. The zero-order valence-corrected chi connectivity index (χ0v) is 31.9. The third-order valence-electron chi connectivity index (χ3n) is 8.06. The molecule has 6 aromatic carbocycles. The van der Waals surface area contributed by atoms with Crippen LogP contribution in [0.1, 0.15) is 41.4 Å². The molecular weight excluding hydrogens is 843 g/mol. The fourth-order valence-corrected chi connectivity index (χ4v) is 10.9. The highest BCUT2D eigenvalue weighted by molar-refractivity contribution is 9.08. The van der Waals surface area contributed by atoms with Crippen LogP contribution >= 0.6 is 39.6 Å². The van der Waals surface area contributed by atoms with Gasteiger partial charge in [0.05, 0.1) is 54.5 Å². The molecular formula is C40H28Br3N2O4P. The van der Waals surface area contributed by atoms with Gasteiger partial charge in [0.15, 0.2) is 0 Å². The summed E-state index contributed by atoms with van der Waals surface area (Å²) in [5, 5.41) is 5.55. The zero-order chi connectivity index (χ0) is 34.4. The molecule has 6 aromatic rings. The fourth-order valence-electron chi connectivity index (χ4n) is 5.82. The van der Waals surface area contributed by atoms with E-state index in [0.29, 0.717) is 22.3 Å². The van der Waals surface area contributed by atoms with Crippen LogP contribution in [0, 0.1) is 0 Å². The van der Waals surface area contributed by atoms with E-state index in [1.807, 2.05) is 0 Å². The molecule has 0 spiro atoms. The Hall–Kier alpha value is -4.53. The Morgan fingerprint density at radius 2 is 0.500 bits per heavy atom. The van der Waals surface area contributed by atoms with Crippen molar-refractivity contribution >= 4 is 84.4 Å². The molecule has 0 N–H and O–H groups in total. The summed E-state index contributed by atoms with van der Waals surface area (Å²) in [5.74, 6) is -1.18. The Kier molecular flexibility index (Phi) is 12.1. The minimum atomic E-state index is -1.91. The number of hydrogen-bond acceptors (Lipinski definition) is 4. The van der Waals surface area contributed by atoms with Gasteiger partial charge in [0.2, 0.25) is 0 Å². The Labute approximate surface area is 318 Å². The maximum atomic E-state index is 11.3. The number of amides is 4. The van der Waals surface area contributed by atoms with Crippen LogP contribution < -0.4 is 38.2 Å². The number of nitrogens with zero attached hydrogens (tertiary/aromatic N) is 2. The summed E-state index contributed by atoms with van der Waals surface area (Å²) in [4.78, 5) is 45.1. The predicted molar refractivity (Wildman–Crippen MR) is 203 cm³/mol. The van der Waals surface area contributed by atoms with Crippen molar-refractivity contribution in [1.29, 1.82) is 0 Å². The first kappa shape index (κ1) is 36.7. The summed E-state index contributed by atoms with van der Waals surface area (Å²) in [6.07, 6.45) is 0. The van der Waals surface area contributed by atoms with E-state index in [1.165, 1.54) is 21.2 Å². The van der Waals surface area contributed by atoms with Crippen LogP contribution in [0.5, 0.6) is 0 Å². The van der Waals surface area contributed by atoms with E-state index in [0.717, 1.165) is 7.85 Å². The van der Waals surface area contributed by atoms with Crippen molar-refractivity contribution < 1.29 is 36.2 Å². The van der Waals surface area contributed by atoms with Crippen molar-refractivity contribution in [1.82, 2.24) is 7.85 Å². The number of carbonyl (C=O) groups excluding carboxylic acids is 4. The molecule has 2 heterocycles. The SMILES string of the molecule is O=C1c2ccccc2C(=O)N1Br.O=C1c2ccccc2C(=O)N1Br.[Br-].c1ccc([P+](c2ccccc2)(c2ccccc2)c2ccccc2)cc1. The topological polar surface area (TPSA) is 74.8 Å². The molecule has 0 bridgehead atoms. The van der Waals surface area contributed by atoms with Gasteiger partial charge in [-0.3, -0.25) is 19.2 Å². The summed E-state index contributed by atoms with van der Waals surface area (Å²) in [5.41, 5.74) is 1.83. The predicted octanol–water partition coefficient (Wildman–Crippen LogP) is 4.50. The van der Waals surface area contributed by atoms with Gasteiger partial charge in [0.1, 0.15) is 28.5 Å². The first-order valence-corrected chi connectivity index (χ1v) is 18.4. The standard InChI is InChI=1S/C24H20P.2C8H4BrNO2.BrH/c1-5-13-21(14-6-1)25(22-15-7-2-8-16-22,23-17-9-3-10-18-23)24-19-11-4-12-20-24;2*9-10-7(11)5-3-1-2-4-6(5)8(10)12;/h1-20H;2*1-4H;1H/q+1;;;/p-1. The lowest BCUT2D eigenvalue weighted by Gasteiger charge is -2.27. The van der Waals surface area contributed by atoms with E-state index in [9.17, 15) is 19.2 Å². The molecule has 0 saturated carbocycles. The second-order valence-corrected chi connectivity index (χ2v) is 15.7. The third kappa shape index (κ3) is 7.05. The van der Waals surface area contributed by atoms with Gasteiger partial charge in [-0.15, -0.1) is 0 Å². The second-order valence-electron chi connectivity index (χ2n) is 10.9.